The molecule has 1 atom stereocenters. The van der Waals surface area contributed by atoms with Crippen LogP contribution < -0.4 is 0 Å². The molecule has 0 amide bonds. The summed E-state index contributed by atoms with van der Waals surface area (Å²) < 4.78 is 0. The number of hydrogen-bond acceptors (Lipinski definition) is 1. The lowest BCUT2D eigenvalue weighted by molar-refractivity contribution is -0.120. The highest BCUT2D eigenvalue weighted by molar-refractivity contribution is 5.86. The highest BCUT2D eigenvalue weighted by Crippen LogP contribution is 2.24. The lowest BCUT2D eigenvalue weighted by Gasteiger charge is -2.17. The zero-order valence-electron chi connectivity index (χ0n) is 13.8. The zero-order valence-corrected chi connectivity index (χ0v) is 13.8. The second kappa shape index (κ2) is 8.26. The fraction of sp³-hybridized carbons (Fsp3) is 0.174. The summed E-state index contributed by atoms with van der Waals surface area (Å²) in [5.41, 5.74) is 3.54. The molecule has 24 heavy (non-hydrogen) atoms. The molecule has 0 saturated carbocycles. The Balaban J connectivity index is 1.75. The molecule has 0 radical (unpaired) electrons. The lowest BCUT2D eigenvalue weighted by Crippen LogP contribution is -2.16. The third-order valence-corrected chi connectivity index (χ3v) is 4.38. The van der Waals surface area contributed by atoms with E-state index in [4.69, 9.17) is 0 Å². The predicted octanol–water partition coefficient (Wildman–Crippen LogP) is 5.21. The topological polar surface area (TPSA) is 17.1 Å². The largest absolute Gasteiger partial charge is 0.299 e. The van der Waals surface area contributed by atoms with Crippen molar-refractivity contribution >= 4 is 5.78 Å². The fourth-order valence-corrected chi connectivity index (χ4v) is 3.04. The molecule has 0 N–H and O–H groups in total. The first-order valence-electron chi connectivity index (χ1n) is 8.48. The molecule has 0 spiro atoms. The van der Waals surface area contributed by atoms with Gasteiger partial charge in [-0.15, -0.1) is 0 Å². The van der Waals surface area contributed by atoms with Gasteiger partial charge in [-0.1, -0.05) is 91.0 Å². The molecule has 0 aliphatic rings. The number of carbonyl (C=O) groups excluding carboxylic acids is 1. The maximum Gasteiger partial charge on any atom is 0.141 e. The van der Waals surface area contributed by atoms with E-state index in [-0.39, 0.29) is 5.92 Å². The molecule has 0 heterocycles. The highest BCUT2D eigenvalue weighted by Gasteiger charge is 2.20. The van der Waals surface area contributed by atoms with Crippen molar-refractivity contribution in [3.63, 3.8) is 0 Å². The van der Waals surface area contributed by atoms with E-state index in [9.17, 15) is 4.79 Å². The summed E-state index contributed by atoms with van der Waals surface area (Å²) in [5.74, 6) is 0.242. The van der Waals surface area contributed by atoms with Gasteiger partial charge in [0.1, 0.15) is 5.78 Å². The number of rotatable bonds is 7. The van der Waals surface area contributed by atoms with Crippen LogP contribution in [0, 0.1) is 0 Å². The molecular formula is C23H22O. The molecule has 3 aromatic carbocycles. The van der Waals surface area contributed by atoms with Gasteiger partial charge in [-0.3, -0.25) is 4.79 Å². The van der Waals surface area contributed by atoms with Gasteiger partial charge in [-0.25, -0.2) is 0 Å². The average Bonchev–Trinajstić information content (AvgIpc) is 2.66. The average molecular weight is 314 g/mol. The summed E-state index contributed by atoms with van der Waals surface area (Å²) in [5, 5.41) is 0. The number of Topliss-reactive ketones (excluding diaryl/α,β-unsaturated/α-hetero) is 1. The Hall–Kier alpha value is -2.67. The van der Waals surface area contributed by atoms with Crippen molar-refractivity contribution in [2.45, 2.75) is 25.2 Å². The Bertz CT molecular complexity index is 748. The van der Waals surface area contributed by atoms with Gasteiger partial charge in [0.25, 0.3) is 0 Å². The molecule has 1 unspecified atom stereocenters. The van der Waals surface area contributed by atoms with E-state index in [0.29, 0.717) is 12.2 Å². The lowest BCUT2D eigenvalue weighted by atomic mass is 9.86. The Labute approximate surface area is 144 Å². The normalized spacial score (nSPS) is 11.8. The van der Waals surface area contributed by atoms with Crippen LogP contribution in [0.3, 0.4) is 0 Å². The van der Waals surface area contributed by atoms with E-state index in [1.165, 1.54) is 11.1 Å². The van der Waals surface area contributed by atoms with Gasteiger partial charge < -0.3 is 0 Å². The minimum Gasteiger partial charge on any atom is -0.299 e. The van der Waals surface area contributed by atoms with Gasteiger partial charge in [0, 0.05) is 12.3 Å². The first-order chi connectivity index (χ1) is 11.8. The van der Waals surface area contributed by atoms with E-state index in [2.05, 4.69) is 36.4 Å². The van der Waals surface area contributed by atoms with Crippen molar-refractivity contribution in [3.05, 3.63) is 108 Å². The van der Waals surface area contributed by atoms with Crippen LogP contribution in [0.2, 0.25) is 0 Å². The van der Waals surface area contributed by atoms with Crippen molar-refractivity contribution in [1.29, 1.82) is 0 Å². The number of aryl methyl sites for hydroxylation is 1. The number of carbonyl (C=O) groups is 1. The van der Waals surface area contributed by atoms with E-state index >= 15 is 0 Å². The number of ketones is 1. The van der Waals surface area contributed by atoms with Gasteiger partial charge in [0.15, 0.2) is 0 Å². The smallest absolute Gasteiger partial charge is 0.141 e. The Morgan fingerprint density at radius 1 is 0.667 bits per heavy atom. The van der Waals surface area contributed by atoms with Crippen molar-refractivity contribution < 1.29 is 4.79 Å². The van der Waals surface area contributed by atoms with Gasteiger partial charge >= 0.3 is 0 Å². The van der Waals surface area contributed by atoms with Crippen molar-refractivity contribution in [2.24, 2.45) is 0 Å². The van der Waals surface area contributed by atoms with E-state index < -0.39 is 0 Å². The molecule has 0 fully saturated rings. The summed E-state index contributed by atoms with van der Waals surface area (Å²) in [6.45, 7) is 0. The summed E-state index contributed by atoms with van der Waals surface area (Å²) in [6.07, 6.45) is 2.15. The molecule has 1 nitrogen and oxygen atoms in total. The van der Waals surface area contributed by atoms with E-state index in [1.807, 2.05) is 54.6 Å². The van der Waals surface area contributed by atoms with Crippen LogP contribution in [0.1, 0.15) is 29.0 Å². The van der Waals surface area contributed by atoms with Crippen molar-refractivity contribution in [2.75, 3.05) is 0 Å². The van der Waals surface area contributed by atoms with Gasteiger partial charge in [0.2, 0.25) is 0 Å². The van der Waals surface area contributed by atoms with Gasteiger partial charge in [0.05, 0.1) is 0 Å². The Morgan fingerprint density at radius 2 is 1.17 bits per heavy atom. The maximum atomic E-state index is 12.9. The van der Waals surface area contributed by atoms with E-state index in [0.717, 1.165) is 18.4 Å². The van der Waals surface area contributed by atoms with Crippen LogP contribution in [0.4, 0.5) is 0 Å². The Morgan fingerprint density at radius 3 is 1.75 bits per heavy atom. The van der Waals surface area contributed by atoms with E-state index in [1.54, 1.807) is 0 Å². The van der Waals surface area contributed by atoms with Crippen LogP contribution in [0.25, 0.3) is 0 Å². The second-order valence-corrected chi connectivity index (χ2v) is 6.10. The molecule has 0 aliphatic heterocycles. The van der Waals surface area contributed by atoms with Crippen molar-refractivity contribution in [3.8, 4) is 0 Å². The minimum absolute atomic E-state index is 0.0719. The van der Waals surface area contributed by atoms with Crippen LogP contribution >= 0.6 is 0 Å². The molecule has 3 aromatic rings. The third-order valence-electron chi connectivity index (χ3n) is 4.38. The molecular weight excluding hydrogens is 292 g/mol. The monoisotopic (exact) mass is 314 g/mol. The number of hydrogen-bond donors (Lipinski definition) is 0. The van der Waals surface area contributed by atoms with Crippen LogP contribution in [0.5, 0.6) is 0 Å². The fourth-order valence-electron chi connectivity index (χ4n) is 3.04. The van der Waals surface area contributed by atoms with Crippen molar-refractivity contribution in [1.82, 2.24) is 0 Å². The minimum atomic E-state index is -0.0719. The quantitative estimate of drug-likeness (QED) is 0.584. The summed E-state index contributed by atoms with van der Waals surface area (Å²) in [7, 11) is 0. The van der Waals surface area contributed by atoms with Gasteiger partial charge in [-0.2, -0.15) is 0 Å². The molecule has 120 valence electrons. The molecule has 3 rings (SSSR count). The zero-order chi connectivity index (χ0) is 16.6. The first-order valence-corrected chi connectivity index (χ1v) is 8.48. The van der Waals surface area contributed by atoms with Gasteiger partial charge in [-0.05, 0) is 29.5 Å². The molecule has 1 heteroatoms. The summed E-state index contributed by atoms with van der Waals surface area (Å²) >= 11 is 0. The first kappa shape index (κ1) is 16.2. The number of benzene rings is 3. The molecule has 0 bridgehead atoms. The third kappa shape index (κ3) is 4.42. The predicted molar refractivity (Wildman–Crippen MR) is 99.1 cm³/mol. The van der Waals surface area contributed by atoms with Crippen LogP contribution in [-0.4, -0.2) is 5.78 Å². The van der Waals surface area contributed by atoms with Crippen LogP contribution in [-0.2, 0) is 17.6 Å². The summed E-state index contributed by atoms with van der Waals surface area (Å²) in [6, 6.07) is 30.7. The Kier molecular flexibility index (Phi) is 5.57. The summed E-state index contributed by atoms with van der Waals surface area (Å²) in [4.78, 5) is 12.9. The second-order valence-electron chi connectivity index (χ2n) is 6.10. The molecule has 0 saturated heterocycles. The highest BCUT2D eigenvalue weighted by atomic mass is 16.1. The molecule has 0 aliphatic carbocycles. The SMILES string of the molecule is O=C(CCc1ccccc1)C(Cc1ccccc1)c1ccccc1. The standard InChI is InChI=1S/C23H22O/c24-23(17-16-19-10-4-1-5-11-19)22(21-14-8-3-9-15-21)18-20-12-6-2-7-13-20/h1-15,22H,16-18H2. The maximum absolute atomic E-state index is 12.9. The molecule has 0 aromatic heterocycles. The van der Waals surface area contributed by atoms with Crippen LogP contribution in [0.15, 0.2) is 91.0 Å².